The van der Waals surface area contributed by atoms with Crippen molar-refractivity contribution in [3.8, 4) is 18.1 Å². The van der Waals surface area contributed by atoms with E-state index in [1.807, 2.05) is 18.2 Å². The zero-order valence-corrected chi connectivity index (χ0v) is 11.2. The second kappa shape index (κ2) is 5.19. The van der Waals surface area contributed by atoms with E-state index in [9.17, 15) is 0 Å². The van der Waals surface area contributed by atoms with Crippen molar-refractivity contribution in [2.45, 2.75) is 6.54 Å². The molecular formula is C11H11BrN2OS. The van der Waals surface area contributed by atoms with E-state index in [0.29, 0.717) is 11.3 Å². The number of rotatable bonds is 2. The molecule has 84 valence electrons. The first-order valence-corrected chi connectivity index (χ1v) is 5.24. The third-order valence-corrected chi connectivity index (χ3v) is 3.12. The van der Waals surface area contributed by atoms with Crippen LogP contribution in [0.4, 0.5) is 0 Å². The van der Waals surface area contributed by atoms with Crippen LogP contribution in [-0.2, 0) is 6.54 Å². The van der Waals surface area contributed by atoms with Crippen LogP contribution >= 0.6 is 28.3 Å². The number of halogens is 1. The number of terminal acetylenes is 1. The summed E-state index contributed by atoms with van der Waals surface area (Å²) in [7, 11) is 1.62. The van der Waals surface area contributed by atoms with Gasteiger partial charge in [0, 0.05) is 0 Å². The number of aromatic nitrogens is 1. The lowest BCUT2D eigenvalue weighted by Crippen LogP contribution is -2.12. The summed E-state index contributed by atoms with van der Waals surface area (Å²) in [6.45, 7) is 0.402. The molecule has 1 heterocycles. The highest BCUT2D eigenvalue weighted by atomic mass is 79.9. The Hall–Kier alpha value is -1.25. The van der Waals surface area contributed by atoms with E-state index in [-0.39, 0.29) is 17.0 Å². The van der Waals surface area contributed by atoms with Gasteiger partial charge < -0.3 is 9.30 Å². The molecular weight excluding hydrogens is 288 g/mol. The zero-order valence-electron chi connectivity index (χ0n) is 8.69. The Morgan fingerprint density at radius 3 is 2.94 bits per heavy atom. The number of methoxy groups -OCH3 is 1. The maximum absolute atomic E-state index is 7.80. The molecule has 1 aromatic heterocycles. The van der Waals surface area contributed by atoms with Gasteiger partial charge in [0.1, 0.15) is 11.3 Å². The van der Waals surface area contributed by atoms with E-state index in [2.05, 4.69) is 5.92 Å². The lowest BCUT2D eigenvalue weighted by molar-refractivity contribution is 0.417. The van der Waals surface area contributed by atoms with E-state index in [1.165, 1.54) is 11.3 Å². The predicted octanol–water partition coefficient (Wildman–Crippen LogP) is 2.40. The second-order valence-corrected chi connectivity index (χ2v) is 4.04. The van der Waals surface area contributed by atoms with Gasteiger partial charge in [-0.25, -0.2) is 0 Å². The van der Waals surface area contributed by atoms with Crippen LogP contribution in [0.1, 0.15) is 0 Å². The van der Waals surface area contributed by atoms with Crippen molar-refractivity contribution in [2.75, 3.05) is 7.11 Å². The predicted molar refractivity (Wildman–Crippen MR) is 71.4 cm³/mol. The average molecular weight is 299 g/mol. The molecule has 0 fully saturated rings. The lowest BCUT2D eigenvalue weighted by Gasteiger charge is -2.04. The Morgan fingerprint density at radius 1 is 1.56 bits per heavy atom. The highest BCUT2D eigenvalue weighted by molar-refractivity contribution is 8.93. The van der Waals surface area contributed by atoms with Crippen LogP contribution in [0.15, 0.2) is 18.2 Å². The Balaban J connectivity index is 0.00000128. The average Bonchev–Trinajstić information content (AvgIpc) is 2.56. The smallest absolute Gasteiger partial charge is 0.183 e. The number of hydrogen-bond acceptors (Lipinski definition) is 3. The summed E-state index contributed by atoms with van der Waals surface area (Å²) in [5, 5.41) is 7.80. The minimum atomic E-state index is 0. The number of ether oxygens (including phenoxy) is 1. The van der Waals surface area contributed by atoms with Crippen molar-refractivity contribution < 1.29 is 4.74 Å². The van der Waals surface area contributed by atoms with Crippen molar-refractivity contribution in [2.24, 2.45) is 0 Å². The fourth-order valence-electron chi connectivity index (χ4n) is 1.52. The topological polar surface area (TPSA) is 38.0 Å². The van der Waals surface area contributed by atoms with Crippen molar-refractivity contribution in [3.63, 3.8) is 0 Å². The summed E-state index contributed by atoms with van der Waals surface area (Å²) in [5.74, 6) is 3.31. The molecule has 2 aromatic rings. The van der Waals surface area contributed by atoms with E-state index in [4.69, 9.17) is 16.6 Å². The Morgan fingerprint density at radius 2 is 2.31 bits per heavy atom. The van der Waals surface area contributed by atoms with Crippen LogP contribution in [0, 0.1) is 17.8 Å². The number of fused-ring (bicyclic) bond motifs is 1. The summed E-state index contributed by atoms with van der Waals surface area (Å²) in [5.41, 5.74) is 0.910. The van der Waals surface area contributed by atoms with Crippen LogP contribution < -0.4 is 9.54 Å². The van der Waals surface area contributed by atoms with E-state index in [0.717, 1.165) is 16.0 Å². The first kappa shape index (κ1) is 12.8. The van der Waals surface area contributed by atoms with Crippen molar-refractivity contribution >= 4 is 38.5 Å². The lowest BCUT2D eigenvalue weighted by atomic mass is 10.3. The number of thiazole rings is 1. The van der Waals surface area contributed by atoms with Gasteiger partial charge in [0.05, 0.1) is 18.4 Å². The van der Waals surface area contributed by atoms with Crippen molar-refractivity contribution in [3.05, 3.63) is 23.0 Å². The van der Waals surface area contributed by atoms with Gasteiger partial charge in [-0.15, -0.1) is 23.4 Å². The fourth-order valence-corrected chi connectivity index (χ4v) is 2.45. The summed E-state index contributed by atoms with van der Waals surface area (Å²) in [4.78, 5) is 0.451. The molecule has 0 saturated carbocycles. The Kier molecular flexibility index (Phi) is 4.16. The molecule has 16 heavy (non-hydrogen) atoms. The number of nitrogens with zero attached hydrogens (tertiary/aromatic N) is 1. The monoisotopic (exact) mass is 298 g/mol. The maximum atomic E-state index is 7.80. The number of hydrogen-bond donors (Lipinski definition) is 1. The van der Waals surface area contributed by atoms with Crippen LogP contribution in [0.5, 0.6) is 5.75 Å². The first-order valence-electron chi connectivity index (χ1n) is 4.42. The van der Waals surface area contributed by atoms with E-state index >= 15 is 0 Å². The number of benzene rings is 1. The summed E-state index contributed by atoms with van der Waals surface area (Å²) < 4.78 is 8.06. The molecule has 0 aliphatic carbocycles. The molecule has 1 N–H and O–H groups in total. The molecule has 0 atom stereocenters. The third-order valence-electron chi connectivity index (χ3n) is 2.15. The molecule has 0 amide bonds. The van der Waals surface area contributed by atoms with Crippen molar-refractivity contribution in [1.29, 1.82) is 5.41 Å². The zero-order chi connectivity index (χ0) is 10.8. The minimum absolute atomic E-state index is 0. The molecule has 0 bridgehead atoms. The SMILES string of the molecule is Br.C#CCn1c(=N)sc2cccc(OC)c21. The number of para-hydroxylation sites is 1. The normalized spacial score (nSPS) is 9.50. The third kappa shape index (κ3) is 1.99. The van der Waals surface area contributed by atoms with Crippen molar-refractivity contribution in [1.82, 2.24) is 4.57 Å². The molecule has 0 spiro atoms. The highest BCUT2D eigenvalue weighted by Gasteiger charge is 2.08. The largest absolute Gasteiger partial charge is 0.495 e. The van der Waals surface area contributed by atoms with Gasteiger partial charge in [0.2, 0.25) is 0 Å². The Labute approximate surface area is 108 Å². The Bertz CT molecular complexity index is 594. The highest BCUT2D eigenvalue weighted by Crippen LogP contribution is 2.26. The van der Waals surface area contributed by atoms with Gasteiger partial charge in [0.25, 0.3) is 0 Å². The van der Waals surface area contributed by atoms with Gasteiger partial charge in [-0.2, -0.15) is 0 Å². The van der Waals surface area contributed by atoms with Gasteiger partial charge >= 0.3 is 0 Å². The standard InChI is InChI=1S/C11H10N2OS.BrH/c1-3-7-13-10-8(14-2)5-4-6-9(10)15-11(13)12;/h1,4-6,12H,7H2,2H3;1H. The molecule has 0 aliphatic rings. The fraction of sp³-hybridized carbons (Fsp3) is 0.182. The maximum Gasteiger partial charge on any atom is 0.183 e. The van der Waals surface area contributed by atoms with Gasteiger partial charge in [-0.05, 0) is 12.1 Å². The van der Waals surface area contributed by atoms with Gasteiger partial charge in [0.15, 0.2) is 4.80 Å². The molecule has 0 saturated heterocycles. The molecule has 1 aromatic carbocycles. The molecule has 3 nitrogen and oxygen atoms in total. The van der Waals surface area contributed by atoms with Gasteiger partial charge in [-0.3, -0.25) is 5.41 Å². The molecule has 0 unspecified atom stereocenters. The molecule has 2 rings (SSSR count). The molecule has 0 radical (unpaired) electrons. The molecule has 5 heteroatoms. The van der Waals surface area contributed by atoms with E-state index < -0.39 is 0 Å². The molecule has 0 aliphatic heterocycles. The minimum Gasteiger partial charge on any atom is -0.495 e. The van der Waals surface area contributed by atoms with Crippen LogP contribution in [0.3, 0.4) is 0 Å². The summed E-state index contributed by atoms with van der Waals surface area (Å²) >= 11 is 1.40. The van der Waals surface area contributed by atoms with Crippen LogP contribution in [-0.4, -0.2) is 11.7 Å². The summed E-state index contributed by atoms with van der Waals surface area (Å²) in [6.07, 6.45) is 5.28. The number of nitrogens with one attached hydrogen (secondary N) is 1. The van der Waals surface area contributed by atoms with E-state index in [1.54, 1.807) is 11.7 Å². The van der Waals surface area contributed by atoms with Gasteiger partial charge in [-0.1, -0.05) is 23.3 Å². The summed E-state index contributed by atoms with van der Waals surface area (Å²) in [6, 6.07) is 5.76. The second-order valence-electron chi connectivity index (χ2n) is 3.00. The van der Waals surface area contributed by atoms with Crippen LogP contribution in [0.2, 0.25) is 0 Å². The first-order chi connectivity index (χ1) is 7.27. The van der Waals surface area contributed by atoms with Crippen LogP contribution in [0.25, 0.3) is 10.2 Å². The quantitative estimate of drug-likeness (QED) is 0.850.